The van der Waals surface area contributed by atoms with Crippen LogP contribution in [0.25, 0.3) is 38.6 Å². The molecule has 4 aromatic heterocycles. The molecular formula is C35H27F3N7O7RuS2. The van der Waals surface area contributed by atoms with E-state index in [1.807, 2.05) is 19.1 Å². The third-order valence-electron chi connectivity index (χ3n) is 6.70. The standard InChI is InChI=1S/C18H12N3O6.C16H15F3N3OS.CHNS.Ru/c22-16(23)9-1-3-19-12(5-9)14-7-11(18(26)27)8-15(21-14)13-6-10(17(24)25)2-4-20-13;1-2-7-23-15-6-5-13(24-15)10-3-4-12(22-9-10)11(20)8-14(21)16(17,18)19;2-1-3;/h1-8,12H,(H,22,23)(H,24,25)(H,26,27);3-6,8-9,20-21H,2,7H2,1H3;3H;/q2*-1;;+3/p-1/b;11-8-,21-14?;;. The number of thiophene rings is 1. The van der Waals surface area contributed by atoms with Crippen LogP contribution in [0.4, 0.5) is 13.2 Å². The summed E-state index contributed by atoms with van der Waals surface area (Å²) in [6.07, 6.45) is 3.34. The molecule has 0 fully saturated rings. The first kappa shape index (κ1) is 45.1. The van der Waals surface area contributed by atoms with Gasteiger partial charge >= 0.3 is 43.6 Å². The van der Waals surface area contributed by atoms with Crippen molar-refractivity contribution in [2.45, 2.75) is 25.6 Å². The smallest absolute Gasteiger partial charge is 0.697 e. The van der Waals surface area contributed by atoms with Gasteiger partial charge in [0.1, 0.15) is 5.71 Å². The molecule has 1 unspecified atom stereocenters. The summed E-state index contributed by atoms with van der Waals surface area (Å²) in [5.41, 5.74) is 6.84. The summed E-state index contributed by atoms with van der Waals surface area (Å²) >= 11 is 5.15. The van der Waals surface area contributed by atoms with Crippen LogP contribution in [0.15, 0.2) is 90.9 Å². The van der Waals surface area contributed by atoms with E-state index in [9.17, 15) is 32.7 Å². The molecule has 1 aliphatic rings. The summed E-state index contributed by atoms with van der Waals surface area (Å²) in [6, 6.07) is 11.2. The molecule has 5 rings (SSSR count). The second-order valence-corrected chi connectivity index (χ2v) is 11.7. The number of ether oxygens (including phenoxy) is 1. The number of nitrogens with one attached hydrogen (secondary N) is 2. The second kappa shape index (κ2) is 21.0. The Hall–Kier alpha value is -6.03. The summed E-state index contributed by atoms with van der Waals surface area (Å²) in [7, 11) is 0. The van der Waals surface area contributed by atoms with Crippen molar-refractivity contribution in [3.63, 3.8) is 0 Å². The van der Waals surface area contributed by atoms with E-state index in [1.165, 1.54) is 77.8 Å². The van der Waals surface area contributed by atoms with Gasteiger partial charge in [0.15, 0.2) is 5.06 Å². The zero-order valence-corrected chi connectivity index (χ0v) is 31.5. The number of hydrogen-bond donors (Lipinski definition) is 4. The predicted octanol–water partition coefficient (Wildman–Crippen LogP) is 8.08. The summed E-state index contributed by atoms with van der Waals surface area (Å²) in [4.78, 5) is 47.1. The first-order valence-corrected chi connectivity index (χ1v) is 16.4. The van der Waals surface area contributed by atoms with Gasteiger partial charge in [-0.05, 0) is 61.0 Å². The Labute approximate surface area is 333 Å². The van der Waals surface area contributed by atoms with Gasteiger partial charge in [0.2, 0.25) is 0 Å². The number of nitriles is 1. The van der Waals surface area contributed by atoms with Crippen LogP contribution in [0.2, 0.25) is 0 Å². The fraction of sp³-hybridized carbons (Fsp3) is 0.143. The number of carboxylic acid groups (broad SMARTS) is 3. The van der Waals surface area contributed by atoms with Gasteiger partial charge in [0.25, 0.3) is 0 Å². The Bertz CT molecular complexity index is 2150. The Morgan fingerprint density at radius 3 is 2.31 bits per heavy atom. The molecule has 0 aromatic carbocycles. The third kappa shape index (κ3) is 13.4. The molecule has 285 valence electrons. The number of nitrogens with zero attached hydrogens (tertiary/aromatic N) is 5. The molecule has 1 atom stereocenters. The largest absolute Gasteiger partial charge is 3.00 e. The van der Waals surface area contributed by atoms with Crippen molar-refractivity contribution in [3.05, 3.63) is 124 Å². The van der Waals surface area contributed by atoms with Gasteiger partial charge in [-0.3, -0.25) is 20.4 Å². The van der Waals surface area contributed by atoms with E-state index >= 15 is 0 Å². The molecule has 20 heteroatoms. The summed E-state index contributed by atoms with van der Waals surface area (Å²) < 4.78 is 42.5. The van der Waals surface area contributed by atoms with Crippen LogP contribution in [-0.4, -0.2) is 66.7 Å². The van der Waals surface area contributed by atoms with Crippen LogP contribution < -0.4 is 4.74 Å². The summed E-state index contributed by atoms with van der Waals surface area (Å²) in [6.45, 7) is 2.65. The molecule has 1 aliphatic heterocycles. The van der Waals surface area contributed by atoms with Crippen LogP contribution in [0, 0.1) is 16.1 Å². The van der Waals surface area contributed by atoms with Crippen molar-refractivity contribution < 1.29 is 67.1 Å². The number of halogens is 3. The Kier molecular flexibility index (Phi) is 17.2. The van der Waals surface area contributed by atoms with E-state index in [4.69, 9.17) is 31.4 Å². The number of pyridine rings is 3. The number of carboxylic acids is 3. The average Bonchev–Trinajstić information content (AvgIpc) is 3.63. The number of rotatable bonds is 11. The zero-order chi connectivity index (χ0) is 40.0. The van der Waals surface area contributed by atoms with Crippen molar-refractivity contribution >= 4 is 53.3 Å². The van der Waals surface area contributed by atoms with Crippen LogP contribution in [0.5, 0.6) is 5.06 Å². The van der Waals surface area contributed by atoms with Crippen molar-refractivity contribution in [3.8, 4) is 32.3 Å². The van der Waals surface area contributed by atoms with E-state index in [0.717, 1.165) is 21.9 Å². The van der Waals surface area contributed by atoms with E-state index in [-0.39, 0.29) is 59.0 Å². The maximum absolute atomic E-state index is 12.3. The third-order valence-corrected chi connectivity index (χ3v) is 7.74. The molecule has 0 saturated heterocycles. The van der Waals surface area contributed by atoms with Gasteiger partial charge in [0, 0.05) is 34.2 Å². The van der Waals surface area contributed by atoms with Crippen LogP contribution in [0.3, 0.4) is 0 Å². The van der Waals surface area contributed by atoms with Gasteiger partial charge in [-0.25, -0.2) is 19.6 Å². The number of thiocyanates is 1. The molecule has 14 nitrogen and oxygen atoms in total. The Morgan fingerprint density at radius 1 is 1.05 bits per heavy atom. The van der Waals surface area contributed by atoms with E-state index in [1.54, 1.807) is 6.07 Å². The van der Waals surface area contributed by atoms with Crippen LogP contribution in [0.1, 0.15) is 51.5 Å². The van der Waals surface area contributed by atoms with E-state index in [2.05, 4.69) is 32.9 Å². The van der Waals surface area contributed by atoms with Gasteiger partial charge in [-0.2, -0.15) is 19.4 Å². The minimum Gasteiger partial charge on any atom is -0.697 e. The fourth-order valence-electron chi connectivity index (χ4n) is 4.21. The molecule has 4 aromatic rings. The number of aromatic nitrogens is 3. The maximum Gasteiger partial charge on any atom is 3.00 e. The van der Waals surface area contributed by atoms with Crippen molar-refractivity contribution in [2.75, 3.05) is 6.61 Å². The Balaban J connectivity index is 0.000000351. The van der Waals surface area contributed by atoms with Crippen molar-refractivity contribution in [1.82, 2.24) is 15.0 Å². The number of carbonyl (C=O) groups is 3. The maximum atomic E-state index is 12.3. The molecular weight excluding hydrogens is 853 g/mol. The number of hydrogen-bond acceptors (Lipinski definition) is 11. The molecule has 1 radical (unpaired) electrons. The normalized spacial score (nSPS) is 13.1. The summed E-state index contributed by atoms with van der Waals surface area (Å²) in [5.74, 6) is -3.52. The molecule has 0 amide bonds. The Morgan fingerprint density at radius 2 is 1.73 bits per heavy atom. The number of alkyl halides is 3. The van der Waals surface area contributed by atoms with Crippen LogP contribution >= 0.6 is 11.3 Å². The minimum atomic E-state index is -4.77. The molecule has 0 spiro atoms. The zero-order valence-electron chi connectivity index (χ0n) is 28.1. The van der Waals surface area contributed by atoms with Gasteiger partial charge in [-0.1, -0.05) is 41.9 Å². The molecule has 55 heavy (non-hydrogen) atoms. The number of aliphatic carboxylic acids is 1. The quantitative estimate of drug-likeness (QED) is 0.0483. The summed E-state index contributed by atoms with van der Waals surface area (Å²) in [5, 5.41) is 47.9. The topological polar surface area (TPSA) is 245 Å². The van der Waals surface area contributed by atoms with Gasteiger partial charge in [0.05, 0.1) is 34.7 Å². The van der Waals surface area contributed by atoms with Gasteiger partial charge in [-0.15, -0.1) is 5.70 Å². The first-order valence-electron chi connectivity index (χ1n) is 15.1. The minimum absolute atomic E-state index is 0. The van der Waals surface area contributed by atoms with Crippen LogP contribution in [-0.2, 0) is 36.9 Å². The van der Waals surface area contributed by atoms with Crippen molar-refractivity contribution in [2.24, 2.45) is 0 Å². The molecule has 5 heterocycles. The number of aromatic carboxylic acids is 2. The molecule has 0 bridgehead atoms. The monoisotopic (exact) mass is 880 g/mol. The molecule has 0 aliphatic carbocycles. The molecule has 5 N–H and O–H groups in total. The SMILES string of the molecule is CCCOc1ccc(-c2ccc(/C([NH-])=C/C(=N)C(F)(F)F)nc2)s1.N#C[S-].O=C(O)C1=CC(c2cc(C(=O)O)cc(-c3cc(C(=O)O)ccn3)n2)[N-]C=C1.[Ru+3]. The van der Waals surface area contributed by atoms with Gasteiger partial charge < -0.3 is 43.7 Å². The molecule has 0 saturated carbocycles. The second-order valence-electron chi connectivity index (χ2n) is 10.5. The van der Waals surface area contributed by atoms with E-state index < -0.39 is 41.5 Å². The predicted molar refractivity (Wildman–Crippen MR) is 195 cm³/mol. The van der Waals surface area contributed by atoms with Crippen molar-refractivity contribution in [1.29, 1.82) is 10.7 Å². The number of allylic oxidation sites excluding steroid dienone is 1. The fourth-order valence-corrected chi connectivity index (χ4v) is 5.08. The average molecular weight is 880 g/mol. The first-order chi connectivity index (χ1) is 25.6. The van der Waals surface area contributed by atoms with E-state index in [0.29, 0.717) is 12.7 Å².